The van der Waals surface area contributed by atoms with Crippen LogP contribution in [-0.2, 0) is 4.79 Å². The van der Waals surface area contributed by atoms with Gasteiger partial charge in [0.05, 0.1) is 5.75 Å². The van der Waals surface area contributed by atoms with Gasteiger partial charge in [0.25, 0.3) is 0 Å². The van der Waals surface area contributed by atoms with Crippen LogP contribution >= 0.6 is 24.0 Å². The topological polar surface area (TPSA) is 64.1 Å². The number of hydrogen-bond donors (Lipinski definition) is 2. The molecule has 0 bridgehead atoms. The first-order valence-electron chi connectivity index (χ1n) is 1.75. The number of carbonyl (C=O) groups excluding carboxylic acids is 1. The Morgan fingerprint density at radius 1 is 1.75 bits per heavy atom. The molecular weight excluding hydrogens is 144 g/mol. The van der Waals surface area contributed by atoms with Crippen molar-refractivity contribution in [3.05, 3.63) is 0 Å². The highest BCUT2D eigenvalue weighted by Crippen LogP contribution is 2.06. The van der Waals surface area contributed by atoms with Crippen LogP contribution in [0.25, 0.3) is 0 Å². The summed E-state index contributed by atoms with van der Waals surface area (Å²) in [4.78, 5) is 10.2. The standard InChI is InChI=1S/C3H3NOS2.H3N/c5-2-1-7-3(6)4-2;/h1H2,(H,4,5,6);1H3. The Morgan fingerprint density at radius 3 is 2.50 bits per heavy atom. The van der Waals surface area contributed by atoms with Crippen molar-refractivity contribution in [1.82, 2.24) is 11.5 Å². The molecule has 0 aliphatic carbocycles. The first-order valence-corrected chi connectivity index (χ1v) is 3.15. The zero-order valence-corrected chi connectivity index (χ0v) is 5.77. The maximum Gasteiger partial charge on any atom is 0.235 e. The van der Waals surface area contributed by atoms with Gasteiger partial charge in [-0.05, 0) is 0 Å². The molecule has 1 heterocycles. The molecule has 0 spiro atoms. The normalized spacial score (nSPS) is 17.5. The van der Waals surface area contributed by atoms with Gasteiger partial charge in [-0.25, -0.2) is 0 Å². The third-order valence-electron chi connectivity index (χ3n) is 0.576. The molecule has 1 aliphatic heterocycles. The molecule has 1 aliphatic rings. The maximum atomic E-state index is 10.2. The Kier molecular flexibility index (Phi) is 2.96. The Morgan fingerprint density at radius 2 is 2.38 bits per heavy atom. The number of nitrogens with one attached hydrogen (secondary N) is 1. The van der Waals surface area contributed by atoms with Crippen molar-refractivity contribution < 1.29 is 4.79 Å². The van der Waals surface area contributed by atoms with Crippen LogP contribution in [0.15, 0.2) is 0 Å². The molecule has 5 heteroatoms. The van der Waals surface area contributed by atoms with E-state index in [2.05, 4.69) is 17.5 Å². The number of thioether (sulfide) groups is 1. The molecule has 0 radical (unpaired) electrons. The minimum absolute atomic E-state index is 0. The SMILES string of the molecule is N.O=C1CSC(=S)N1. The first-order chi connectivity index (χ1) is 3.29. The number of amides is 1. The lowest BCUT2D eigenvalue weighted by molar-refractivity contribution is -0.116. The second-order valence-electron chi connectivity index (χ2n) is 1.12. The summed E-state index contributed by atoms with van der Waals surface area (Å²) in [6.45, 7) is 0. The van der Waals surface area contributed by atoms with E-state index in [1.165, 1.54) is 11.8 Å². The highest BCUT2D eigenvalue weighted by atomic mass is 32.2. The zero-order chi connectivity index (χ0) is 5.28. The molecular formula is C3H6N2OS2. The molecule has 1 amide bonds. The van der Waals surface area contributed by atoms with Crippen molar-refractivity contribution in [3.63, 3.8) is 0 Å². The second-order valence-corrected chi connectivity index (χ2v) is 2.78. The Labute approximate surface area is 56.8 Å². The molecule has 0 aromatic heterocycles. The molecule has 0 aromatic carbocycles. The molecule has 3 nitrogen and oxygen atoms in total. The zero-order valence-electron chi connectivity index (χ0n) is 4.14. The van der Waals surface area contributed by atoms with Gasteiger partial charge < -0.3 is 11.5 Å². The molecule has 46 valence electrons. The van der Waals surface area contributed by atoms with Gasteiger partial charge in [0.1, 0.15) is 4.32 Å². The van der Waals surface area contributed by atoms with Gasteiger partial charge >= 0.3 is 0 Å². The molecule has 4 N–H and O–H groups in total. The second kappa shape index (κ2) is 3.01. The average Bonchev–Trinajstić information content (AvgIpc) is 1.87. The number of hydrogen-bond acceptors (Lipinski definition) is 4. The lowest BCUT2D eigenvalue weighted by Crippen LogP contribution is -2.18. The summed E-state index contributed by atoms with van der Waals surface area (Å²) in [6, 6.07) is 0. The smallest absolute Gasteiger partial charge is 0.235 e. The van der Waals surface area contributed by atoms with E-state index >= 15 is 0 Å². The molecule has 0 saturated carbocycles. The van der Waals surface area contributed by atoms with Crippen molar-refractivity contribution in [2.24, 2.45) is 0 Å². The third-order valence-corrected chi connectivity index (χ3v) is 1.80. The Balaban J connectivity index is 0.000000490. The molecule has 0 aromatic rings. The summed E-state index contributed by atoms with van der Waals surface area (Å²) >= 11 is 6.00. The number of thiocarbonyl (C=S) groups is 1. The third kappa shape index (κ3) is 1.77. The number of rotatable bonds is 0. The van der Waals surface area contributed by atoms with Crippen LogP contribution in [0, 0.1) is 0 Å². The van der Waals surface area contributed by atoms with Crippen molar-refractivity contribution in [1.29, 1.82) is 0 Å². The Hall–Kier alpha value is -0.130. The summed E-state index contributed by atoms with van der Waals surface area (Å²) in [5, 5.41) is 2.47. The van der Waals surface area contributed by atoms with E-state index in [-0.39, 0.29) is 12.1 Å². The number of carbonyl (C=O) groups is 1. The van der Waals surface area contributed by atoms with Crippen LogP contribution in [0.4, 0.5) is 0 Å². The summed E-state index contributed by atoms with van der Waals surface area (Å²) in [5.74, 6) is 0.522. The highest BCUT2D eigenvalue weighted by molar-refractivity contribution is 8.24. The molecule has 0 atom stereocenters. The predicted octanol–water partition coefficient (Wildman–Crippen LogP) is 0.296. The van der Waals surface area contributed by atoms with E-state index < -0.39 is 0 Å². The Bertz CT molecular complexity index is 110. The van der Waals surface area contributed by atoms with E-state index in [1.807, 2.05) is 0 Å². The van der Waals surface area contributed by atoms with Gasteiger partial charge in [-0.1, -0.05) is 24.0 Å². The molecule has 1 saturated heterocycles. The monoisotopic (exact) mass is 150 g/mol. The van der Waals surface area contributed by atoms with Crippen molar-refractivity contribution in [3.8, 4) is 0 Å². The van der Waals surface area contributed by atoms with Crippen LogP contribution in [0.2, 0.25) is 0 Å². The van der Waals surface area contributed by atoms with E-state index in [4.69, 9.17) is 0 Å². The fraction of sp³-hybridized carbons (Fsp3) is 0.333. The largest absolute Gasteiger partial charge is 0.344 e. The van der Waals surface area contributed by atoms with Gasteiger partial charge in [-0.3, -0.25) is 4.79 Å². The van der Waals surface area contributed by atoms with Crippen molar-refractivity contribution in [2.45, 2.75) is 0 Å². The summed E-state index contributed by atoms with van der Waals surface area (Å²) in [6.07, 6.45) is 0. The van der Waals surface area contributed by atoms with Gasteiger partial charge in [-0.15, -0.1) is 0 Å². The van der Waals surface area contributed by atoms with E-state index in [0.29, 0.717) is 10.1 Å². The quantitative estimate of drug-likeness (QED) is 0.487. The van der Waals surface area contributed by atoms with E-state index in [0.717, 1.165) is 0 Å². The lowest BCUT2D eigenvalue weighted by Gasteiger charge is -1.81. The summed E-state index contributed by atoms with van der Waals surface area (Å²) < 4.78 is 0.602. The van der Waals surface area contributed by atoms with E-state index in [9.17, 15) is 4.79 Å². The minimum Gasteiger partial charge on any atom is -0.344 e. The summed E-state index contributed by atoms with van der Waals surface area (Å²) in [5.41, 5.74) is 0. The van der Waals surface area contributed by atoms with Crippen LogP contribution < -0.4 is 11.5 Å². The van der Waals surface area contributed by atoms with Gasteiger partial charge in [0.2, 0.25) is 5.91 Å². The van der Waals surface area contributed by atoms with Crippen LogP contribution in [0.3, 0.4) is 0 Å². The van der Waals surface area contributed by atoms with Crippen molar-refractivity contribution >= 4 is 34.2 Å². The van der Waals surface area contributed by atoms with Crippen LogP contribution in [0.1, 0.15) is 0 Å². The van der Waals surface area contributed by atoms with E-state index in [1.54, 1.807) is 0 Å². The van der Waals surface area contributed by atoms with Crippen LogP contribution in [-0.4, -0.2) is 16.0 Å². The van der Waals surface area contributed by atoms with Crippen LogP contribution in [0.5, 0.6) is 0 Å². The fourth-order valence-corrected chi connectivity index (χ4v) is 1.13. The van der Waals surface area contributed by atoms with Crippen molar-refractivity contribution in [2.75, 3.05) is 5.75 Å². The van der Waals surface area contributed by atoms with Gasteiger partial charge in [0.15, 0.2) is 0 Å². The minimum atomic E-state index is 0. The lowest BCUT2D eigenvalue weighted by atomic mass is 10.7. The highest BCUT2D eigenvalue weighted by Gasteiger charge is 2.13. The molecule has 8 heavy (non-hydrogen) atoms. The first kappa shape index (κ1) is 7.87. The van der Waals surface area contributed by atoms with Gasteiger partial charge in [0, 0.05) is 0 Å². The molecule has 1 fully saturated rings. The molecule has 0 unspecified atom stereocenters. The molecule has 1 rings (SSSR count). The maximum absolute atomic E-state index is 10.2. The summed E-state index contributed by atoms with van der Waals surface area (Å²) in [7, 11) is 0. The average molecular weight is 150 g/mol. The predicted molar refractivity (Wildman–Crippen MR) is 38.2 cm³/mol. The van der Waals surface area contributed by atoms with Gasteiger partial charge in [-0.2, -0.15) is 0 Å². The fourth-order valence-electron chi connectivity index (χ4n) is 0.317.